The van der Waals surface area contributed by atoms with Gasteiger partial charge in [0.1, 0.15) is 5.75 Å². The lowest BCUT2D eigenvalue weighted by Crippen LogP contribution is -2.37. The van der Waals surface area contributed by atoms with E-state index in [-0.39, 0.29) is 12.5 Å². The Bertz CT molecular complexity index is 374. The van der Waals surface area contributed by atoms with Crippen LogP contribution in [0.25, 0.3) is 0 Å². The first-order chi connectivity index (χ1) is 8.52. The molecule has 100 valence electrons. The standard InChI is InChI=1S/C14H22N2O2/c1-4-16(9-11(2)3)14(17)10-18-13-7-5-12(15)6-8-13/h5-8,11H,4,9-10,15H2,1-3H3. The molecule has 1 aromatic rings. The number of anilines is 1. The maximum Gasteiger partial charge on any atom is 0.260 e. The summed E-state index contributed by atoms with van der Waals surface area (Å²) >= 11 is 0. The first-order valence-corrected chi connectivity index (χ1v) is 6.29. The zero-order valence-electron chi connectivity index (χ0n) is 11.3. The van der Waals surface area contributed by atoms with Crippen LogP contribution in [0.5, 0.6) is 5.75 Å². The number of carbonyl (C=O) groups is 1. The fraction of sp³-hybridized carbons (Fsp3) is 0.500. The van der Waals surface area contributed by atoms with Gasteiger partial charge < -0.3 is 15.4 Å². The van der Waals surface area contributed by atoms with Gasteiger partial charge in [0.25, 0.3) is 5.91 Å². The van der Waals surface area contributed by atoms with Gasteiger partial charge in [-0.2, -0.15) is 0 Å². The summed E-state index contributed by atoms with van der Waals surface area (Å²) in [7, 11) is 0. The fourth-order valence-corrected chi connectivity index (χ4v) is 1.65. The number of likely N-dealkylation sites (N-methyl/N-ethyl adjacent to an activating group) is 1. The van der Waals surface area contributed by atoms with Gasteiger partial charge in [-0.05, 0) is 37.1 Å². The largest absolute Gasteiger partial charge is 0.484 e. The van der Waals surface area contributed by atoms with Crippen LogP contribution >= 0.6 is 0 Å². The monoisotopic (exact) mass is 250 g/mol. The highest BCUT2D eigenvalue weighted by Crippen LogP contribution is 2.13. The molecule has 1 rings (SSSR count). The molecule has 0 aliphatic rings. The van der Waals surface area contributed by atoms with Crippen LogP contribution < -0.4 is 10.5 Å². The molecule has 4 heteroatoms. The molecule has 0 radical (unpaired) electrons. The lowest BCUT2D eigenvalue weighted by Gasteiger charge is -2.22. The average Bonchev–Trinajstić information content (AvgIpc) is 2.34. The van der Waals surface area contributed by atoms with E-state index in [9.17, 15) is 4.79 Å². The van der Waals surface area contributed by atoms with Gasteiger partial charge in [0.05, 0.1) is 0 Å². The predicted octanol–water partition coefficient (Wildman–Crippen LogP) is 2.15. The Morgan fingerprint density at radius 3 is 2.44 bits per heavy atom. The van der Waals surface area contributed by atoms with Gasteiger partial charge in [0.15, 0.2) is 6.61 Å². The second kappa shape index (κ2) is 6.89. The van der Waals surface area contributed by atoms with Crippen LogP contribution in [0.1, 0.15) is 20.8 Å². The second-order valence-electron chi connectivity index (χ2n) is 4.68. The first-order valence-electron chi connectivity index (χ1n) is 6.29. The summed E-state index contributed by atoms with van der Waals surface area (Å²) in [5, 5.41) is 0. The number of rotatable bonds is 6. The van der Waals surface area contributed by atoms with Crippen LogP contribution in [0, 0.1) is 5.92 Å². The van der Waals surface area contributed by atoms with Crippen molar-refractivity contribution >= 4 is 11.6 Å². The van der Waals surface area contributed by atoms with E-state index in [1.54, 1.807) is 24.3 Å². The van der Waals surface area contributed by atoms with Gasteiger partial charge in [0, 0.05) is 18.8 Å². The van der Waals surface area contributed by atoms with Crippen LogP contribution in [-0.2, 0) is 4.79 Å². The van der Waals surface area contributed by atoms with Crippen LogP contribution in [0.3, 0.4) is 0 Å². The summed E-state index contributed by atoms with van der Waals surface area (Å²) < 4.78 is 5.44. The molecule has 1 aromatic carbocycles. The number of carbonyl (C=O) groups excluding carboxylic acids is 1. The van der Waals surface area contributed by atoms with E-state index < -0.39 is 0 Å². The van der Waals surface area contributed by atoms with Crippen LogP contribution in [0.15, 0.2) is 24.3 Å². The SMILES string of the molecule is CCN(CC(C)C)C(=O)COc1ccc(N)cc1. The molecule has 0 heterocycles. The lowest BCUT2D eigenvalue weighted by molar-refractivity contribution is -0.133. The number of amides is 1. The second-order valence-corrected chi connectivity index (χ2v) is 4.68. The van der Waals surface area contributed by atoms with Gasteiger partial charge in [-0.1, -0.05) is 13.8 Å². The molecule has 0 unspecified atom stereocenters. The third-order valence-electron chi connectivity index (χ3n) is 2.56. The molecule has 0 aliphatic carbocycles. The Balaban J connectivity index is 2.46. The Morgan fingerprint density at radius 1 is 1.33 bits per heavy atom. The van der Waals surface area contributed by atoms with Crippen molar-refractivity contribution in [3.05, 3.63) is 24.3 Å². The van der Waals surface area contributed by atoms with Gasteiger partial charge in [-0.15, -0.1) is 0 Å². The van der Waals surface area contributed by atoms with Crippen LogP contribution in [0.4, 0.5) is 5.69 Å². The highest BCUT2D eigenvalue weighted by Gasteiger charge is 2.13. The summed E-state index contributed by atoms with van der Waals surface area (Å²) in [6, 6.07) is 7.04. The number of hydrogen-bond acceptors (Lipinski definition) is 3. The maximum atomic E-state index is 11.9. The minimum atomic E-state index is 0.0167. The summed E-state index contributed by atoms with van der Waals surface area (Å²) in [5.41, 5.74) is 6.26. The quantitative estimate of drug-likeness (QED) is 0.787. The van der Waals surface area contributed by atoms with Crippen molar-refractivity contribution in [1.29, 1.82) is 0 Å². The minimum absolute atomic E-state index is 0.0167. The molecule has 1 amide bonds. The van der Waals surface area contributed by atoms with Crippen molar-refractivity contribution in [2.75, 3.05) is 25.4 Å². The number of nitrogens with two attached hydrogens (primary N) is 1. The molecule has 2 N–H and O–H groups in total. The van der Waals surface area contributed by atoms with Gasteiger partial charge in [0.2, 0.25) is 0 Å². The Hall–Kier alpha value is -1.71. The van der Waals surface area contributed by atoms with E-state index >= 15 is 0 Å². The Labute approximate surface area is 109 Å². The molecule has 18 heavy (non-hydrogen) atoms. The van der Waals surface area contributed by atoms with E-state index in [0.717, 1.165) is 6.54 Å². The van der Waals surface area contributed by atoms with E-state index in [2.05, 4.69) is 13.8 Å². The number of ether oxygens (including phenoxy) is 1. The highest BCUT2D eigenvalue weighted by molar-refractivity contribution is 5.77. The molecule has 0 spiro atoms. The zero-order valence-corrected chi connectivity index (χ0v) is 11.3. The van der Waals surface area contributed by atoms with Gasteiger partial charge in [-0.3, -0.25) is 4.79 Å². The van der Waals surface area contributed by atoms with Crippen molar-refractivity contribution in [2.24, 2.45) is 5.92 Å². The van der Waals surface area contributed by atoms with Crippen molar-refractivity contribution in [2.45, 2.75) is 20.8 Å². The highest BCUT2D eigenvalue weighted by atomic mass is 16.5. The van der Waals surface area contributed by atoms with Crippen molar-refractivity contribution < 1.29 is 9.53 Å². The molecule has 0 aliphatic heterocycles. The lowest BCUT2D eigenvalue weighted by atomic mass is 10.2. The van der Waals surface area contributed by atoms with E-state index in [4.69, 9.17) is 10.5 Å². The average molecular weight is 250 g/mol. The van der Waals surface area contributed by atoms with Crippen LogP contribution in [0.2, 0.25) is 0 Å². The molecular weight excluding hydrogens is 228 g/mol. The van der Waals surface area contributed by atoms with E-state index in [0.29, 0.717) is 23.9 Å². The van der Waals surface area contributed by atoms with Gasteiger partial charge in [-0.25, -0.2) is 0 Å². The molecule has 0 saturated carbocycles. The summed E-state index contributed by atoms with van der Waals surface area (Å²) in [6.07, 6.45) is 0. The van der Waals surface area contributed by atoms with E-state index in [1.165, 1.54) is 0 Å². The molecule has 0 bridgehead atoms. The predicted molar refractivity (Wildman–Crippen MR) is 73.4 cm³/mol. The number of nitrogens with zero attached hydrogens (tertiary/aromatic N) is 1. The minimum Gasteiger partial charge on any atom is -0.484 e. The molecule has 0 fully saturated rings. The number of nitrogen functional groups attached to an aromatic ring is 1. The zero-order chi connectivity index (χ0) is 13.5. The molecule has 0 aromatic heterocycles. The van der Waals surface area contributed by atoms with Gasteiger partial charge >= 0.3 is 0 Å². The summed E-state index contributed by atoms with van der Waals surface area (Å²) in [4.78, 5) is 13.7. The van der Waals surface area contributed by atoms with Crippen molar-refractivity contribution in [1.82, 2.24) is 4.90 Å². The summed E-state index contributed by atoms with van der Waals surface area (Å²) in [5.74, 6) is 1.14. The molecule has 0 saturated heterocycles. The third-order valence-corrected chi connectivity index (χ3v) is 2.56. The smallest absolute Gasteiger partial charge is 0.260 e. The normalized spacial score (nSPS) is 10.4. The molecular formula is C14H22N2O2. The van der Waals surface area contributed by atoms with Crippen molar-refractivity contribution in [3.8, 4) is 5.75 Å². The van der Waals surface area contributed by atoms with Crippen LogP contribution in [-0.4, -0.2) is 30.5 Å². The first kappa shape index (κ1) is 14.4. The van der Waals surface area contributed by atoms with E-state index in [1.807, 2.05) is 11.8 Å². The third kappa shape index (κ3) is 4.65. The van der Waals surface area contributed by atoms with Crippen molar-refractivity contribution in [3.63, 3.8) is 0 Å². The number of benzene rings is 1. The Morgan fingerprint density at radius 2 is 1.94 bits per heavy atom. The number of hydrogen-bond donors (Lipinski definition) is 1. The molecule has 4 nitrogen and oxygen atoms in total. The Kier molecular flexibility index (Phi) is 5.49. The maximum absolute atomic E-state index is 11.9. The fourth-order valence-electron chi connectivity index (χ4n) is 1.65. The molecule has 0 atom stereocenters. The topological polar surface area (TPSA) is 55.6 Å². The summed E-state index contributed by atoms with van der Waals surface area (Å²) in [6.45, 7) is 7.71.